The predicted molar refractivity (Wildman–Crippen MR) is 78.3 cm³/mol. The van der Waals surface area contributed by atoms with Gasteiger partial charge in [-0.1, -0.05) is 46.0 Å². The largest absolute Gasteiger partial charge is 0.313 e. The second kappa shape index (κ2) is 10.8. The molecule has 0 rings (SSSR count). The molecule has 0 bridgehead atoms. The van der Waals surface area contributed by atoms with E-state index in [4.69, 9.17) is 0 Å². The van der Waals surface area contributed by atoms with Crippen LogP contribution < -0.4 is 10.0 Å². The lowest BCUT2D eigenvalue weighted by molar-refractivity contribution is 0.489. The zero-order chi connectivity index (χ0) is 13.9. The van der Waals surface area contributed by atoms with Crippen molar-refractivity contribution >= 4 is 10.0 Å². The van der Waals surface area contributed by atoms with Gasteiger partial charge in [0.05, 0.1) is 5.75 Å². The van der Waals surface area contributed by atoms with E-state index in [9.17, 15) is 8.42 Å². The van der Waals surface area contributed by atoms with Crippen LogP contribution in [0.2, 0.25) is 0 Å². The molecular formula is C13H30N2O2S. The molecule has 110 valence electrons. The Bertz CT molecular complexity index is 279. The minimum Gasteiger partial charge on any atom is -0.313 e. The Labute approximate surface area is 113 Å². The van der Waals surface area contributed by atoms with Gasteiger partial charge in [-0.3, -0.25) is 0 Å². The van der Waals surface area contributed by atoms with Crippen molar-refractivity contribution in [1.82, 2.24) is 10.0 Å². The maximum atomic E-state index is 11.4. The van der Waals surface area contributed by atoms with E-state index in [-0.39, 0.29) is 5.75 Å². The normalized spacial score (nSPS) is 13.7. The fourth-order valence-corrected chi connectivity index (χ4v) is 2.86. The zero-order valence-electron chi connectivity index (χ0n) is 12.2. The molecule has 2 N–H and O–H groups in total. The van der Waals surface area contributed by atoms with Crippen LogP contribution in [0.15, 0.2) is 0 Å². The second-order valence-corrected chi connectivity index (χ2v) is 6.80. The third-order valence-corrected chi connectivity index (χ3v) is 4.44. The van der Waals surface area contributed by atoms with Crippen LogP contribution in [0.3, 0.4) is 0 Å². The molecule has 0 amide bonds. The lowest BCUT2D eigenvalue weighted by Crippen LogP contribution is -2.35. The van der Waals surface area contributed by atoms with Gasteiger partial charge in [-0.2, -0.15) is 0 Å². The van der Waals surface area contributed by atoms with Gasteiger partial charge in [-0.05, 0) is 13.3 Å². The molecule has 1 unspecified atom stereocenters. The van der Waals surface area contributed by atoms with E-state index in [2.05, 4.69) is 23.9 Å². The number of rotatable bonds is 12. The van der Waals surface area contributed by atoms with Crippen LogP contribution in [0.25, 0.3) is 0 Å². The monoisotopic (exact) mass is 278 g/mol. The van der Waals surface area contributed by atoms with Crippen molar-refractivity contribution < 1.29 is 8.42 Å². The van der Waals surface area contributed by atoms with E-state index in [1.807, 2.05) is 0 Å². The highest BCUT2D eigenvalue weighted by molar-refractivity contribution is 7.89. The predicted octanol–water partition coefficient (Wildman–Crippen LogP) is 2.26. The van der Waals surface area contributed by atoms with Gasteiger partial charge in [0.15, 0.2) is 0 Å². The third-order valence-electron chi connectivity index (χ3n) is 2.97. The van der Waals surface area contributed by atoms with Gasteiger partial charge in [-0.15, -0.1) is 0 Å². The van der Waals surface area contributed by atoms with Gasteiger partial charge in [0.25, 0.3) is 0 Å². The molecule has 0 aliphatic heterocycles. The van der Waals surface area contributed by atoms with E-state index in [1.165, 1.54) is 32.1 Å². The first-order chi connectivity index (χ1) is 8.52. The maximum absolute atomic E-state index is 11.4. The van der Waals surface area contributed by atoms with Crippen molar-refractivity contribution in [2.24, 2.45) is 0 Å². The molecule has 0 saturated carbocycles. The van der Waals surface area contributed by atoms with Gasteiger partial charge >= 0.3 is 0 Å². The molecule has 0 spiro atoms. The van der Waals surface area contributed by atoms with Gasteiger partial charge in [0, 0.05) is 19.1 Å². The Balaban J connectivity index is 3.50. The fourth-order valence-electron chi connectivity index (χ4n) is 1.89. The van der Waals surface area contributed by atoms with Crippen LogP contribution in [0.1, 0.15) is 59.3 Å². The van der Waals surface area contributed by atoms with Crippen LogP contribution >= 0.6 is 0 Å². The Kier molecular flexibility index (Phi) is 10.7. The molecule has 4 nitrogen and oxygen atoms in total. The smallest absolute Gasteiger partial charge is 0.212 e. The molecule has 0 aliphatic carbocycles. The van der Waals surface area contributed by atoms with E-state index in [1.54, 1.807) is 6.92 Å². The summed E-state index contributed by atoms with van der Waals surface area (Å²) in [6.45, 7) is 7.14. The van der Waals surface area contributed by atoms with Gasteiger partial charge in [0.2, 0.25) is 10.0 Å². The summed E-state index contributed by atoms with van der Waals surface area (Å²) >= 11 is 0. The Morgan fingerprint density at radius 3 is 2.33 bits per heavy atom. The Morgan fingerprint density at radius 1 is 1.06 bits per heavy atom. The van der Waals surface area contributed by atoms with Crippen LogP contribution in [-0.4, -0.2) is 33.3 Å². The molecule has 5 heteroatoms. The van der Waals surface area contributed by atoms with Gasteiger partial charge in [0.1, 0.15) is 0 Å². The SMILES string of the molecule is CCCCCCCC(C)NCCS(=O)(=O)NCC. The summed E-state index contributed by atoms with van der Waals surface area (Å²) in [6, 6.07) is 0.406. The van der Waals surface area contributed by atoms with E-state index >= 15 is 0 Å². The molecule has 0 radical (unpaired) electrons. The Hall–Kier alpha value is -0.130. The van der Waals surface area contributed by atoms with Crippen LogP contribution in [0.5, 0.6) is 0 Å². The van der Waals surface area contributed by atoms with Gasteiger partial charge < -0.3 is 5.32 Å². The van der Waals surface area contributed by atoms with E-state index < -0.39 is 10.0 Å². The molecule has 0 aliphatic rings. The standard InChI is InChI=1S/C13H30N2O2S/c1-4-6-7-8-9-10-13(3)14-11-12-18(16,17)15-5-2/h13-15H,4-12H2,1-3H3. The van der Waals surface area contributed by atoms with Crippen molar-refractivity contribution in [2.45, 2.75) is 65.3 Å². The highest BCUT2D eigenvalue weighted by Crippen LogP contribution is 2.06. The maximum Gasteiger partial charge on any atom is 0.212 e. The van der Waals surface area contributed by atoms with Crippen LogP contribution in [0, 0.1) is 0 Å². The summed E-state index contributed by atoms with van der Waals surface area (Å²) in [6.07, 6.45) is 7.56. The number of nitrogens with one attached hydrogen (secondary N) is 2. The lowest BCUT2D eigenvalue weighted by Gasteiger charge is -2.13. The van der Waals surface area contributed by atoms with Crippen molar-refractivity contribution in [3.63, 3.8) is 0 Å². The topological polar surface area (TPSA) is 58.2 Å². The number of sulfonamides is 1. The van der Waals surface area contributed by atoms with Crippen molar-refractivity contribution in [3.8, 4) is 0 Å². The van der Waals surface area contributed by atoms with E-state index in [0.29, 0.717) is 19.1 Å². The zero-order valence-corrected chi connectivity index (χ0v) is 13.0. The van der Waals surface area contributed by atoms with Crippen molar-refractivity contribution in [2.75, 3.05) is 18.8 Å². The quantitative estimate of drug-likeness (QED) is 0.538. The number of hydrogen-bond acceptors (Lipinski definition) is 3. The van der Waals surface area contributed by atoms with Gasteiger partial charge in [-0.25, -0.2) is 13.1 Å². The average molecular weight is 278 g/mol. The average Bonchev–Trinajstić information content (AvgIpc) is 2.28. The Morgan fingerprint density at radius 2 is 1.72 bits per heavy atom. The van der Waals surface area contributed by atoms with Crippen LogP contribution in [0.4, 0.5) is 0 Å². The summed E-state index contributed by atoms with van der Waals surface area (Å²) in [7, 11) is -3.07. The first kappa shape index (κ1) is 17.9. The number of hydrogen-bond donors (Lipinski definition) is 2. The molecule has 0 fully saturated rings. The summed E-state index contributed by atoms with van der Waals surface area (Å²) in [4.78, 5) is 0. The van der Waals surface area contributed by atoms with E-state index in [0.717, 1.165) is 6.42 Å². The first-order valence-electron chi connectivity index (χ1n) is 7.22. The lowest BCUT2D eigenvalue weighted by atomic mass is 10.1. The minimum absolute atomic E-state index is 0.168. The van der Waals surface area contributed by atoms with Crippen LogP contribution in [-0.2, 0) is 10.0 Å². The minimum atomic E-state index is -3.07. The molecule has 0 aromatic carbocycles. The first-order valence-corrected chi connectivity index (χ1v) is 8.87. The highest BCUT2D eigenvalue weighted by atomic mass is 32.2. The van der Waals surface area contributed by atoms with Crippen molar-refractivity contribution in [3.05, 3.63) is 0 Å². The number of unbranched alkanes of at least 4 members (excludes halogenated alkanes) is 4. The molecular weight excluding hydrogens is 248 g/mol. The fraction of sp³-hybridized carbons (Fsp3) is 1.00. The summed E-state index contributed by atoms with van der Waals surface area (Å²) in [5.74, 6) is 0.168. The molecule has 1 atom stereocenters. The van der Waals surface area contributed by atoms with Crippen molar-refractivity contribution in [1.29, 1.82) is 0 Å². The molecule has 0 aromatic heterocycles. The molecule has 0 heterocycles. The second-order valence-electron chi connectivity index (χ2n) is 4.87. The summed E-state index contributed by atoms with van der Waals surface area (Å²) in [5, 5.41) is 3.27. The molecule has 18 heavy (non-hydrogen) atoms. The summed E-state index contributed by atoms with van der Waals surface area (Å²) < 4.78 is 25.3. The highest BCUT2D eigenvalue weighted by Gasteiger charge is 2.08. The summed E-state index contributed by atoms with van der Waals surface area (Å²) in [5.41, 5.74) is 0. The molecule has 0 aromatic rings. The molecule has 0 saturated heterocycles. The third kappa shape index (κ3) is 11.0.